The third-order valence-electron chi connectivity index (χ3n) is 8.40. The monoisotopic (exact) mass is 622 g/mol. The average Bonchev–Trinajstić information content (AvgIpc) is 3.58. The summed E-state index contributed by atoms with van der Waals surface area (Å²) in [5, 5.41) is 0.251. The predicted molar refractivity (Wildman–Crippen MR) is 167 cm³/mol. The fourth-order valence-electron chi connectivity index (χ4n) is 6.23. The Morgan fingerprint density at radius 3 is 2.63 bits per heavy atom. The topological polar surface area (TPSA) is 84.9 Å². The molecule has 1 saturated heterocycles. The summed E-state index contributed by atoms with van der Waals surface area (Å²) in [7, 11) is -1.01. The molecule has 2 aliphatic rings. The largest absolute Gasteiger partial charge is 0.497 e. The molecule has 0 amide bonds. The van der Waals surface area contributed by atoms with Crippen LogP contribution in [-0.2, 0) is 29.4 Å². The summed E-state index contributed by atoms with van der Waals surface area (Å²) in [4.78, 5) is 6.75. The number of alkyl halides is 1. The molecule has 0 radical (unpaired) electrons. The highest BCUT2D eigenvalue weighted by Gasteiger charge is 2.34. The van der Waals surface area contributed by atoms with Gasteiger partial charge in [-0.25, -0.2) is 22.1 Å². The van der Waals surface area contributed by atoms with Crippen molar-refractivity contribution in [2.24, 2.45) is 0 Å². The minimum atomic E-state index is -4.12. The maximum absolute atomic E-state index is 14.9. The van der Waals surface area contributed by atoms with E-state index in [4.69, 9.17) is 9.47 Å². The van der Waals surface area contributed by atoms with Gasteiger partial charge in [0, 0.05) is 41.8 Å². The van der Waals surface area contributed by atoms with E-state index in [9.17, 15) is 12.8 Å². The molecule has 6 rings (SSSR count). The zero-order chi connectivity index (χ0) is 30.0. The molecule has 1 aliphatic heterocycles. The molecule has 0 spiro atoms. The van der Waals surface area contributed by atoms with Crippen LogP contribution in [0.5, 0.6) is 11.5 Å². The molecule has 1 aliphatic carbocycles. The lowest BCUT2D eigenvalue weighted by Crippen LogP contribution is -2.36. The number of rotatable bonds is 9. The first-order valence-corrected chi connectivity index (χ1v) is 16.7. The van der Waals surface area contributed by atoms with Gasteiger partial charge >= 0.3 is 0 Å². The molecular formula is C32H35FN4O4S2. The third kappa shape index (κ3) is 5.92. The highest BCUT2D eigenvalue weighted by Crippen LogP contribution is 2.42. The lowest BCUT2D eigenvalue weighted by atomic mass is 9.87. The number of hydrogen-bond acceptors (Lipinski definition) is 8. The van der Waals surface area contributed by atoms with Gasteiger partial charge in [0.25, 0.3) is 10.0 Å². The zero-order valence-electron chi connectivity index (χ0n) is 24.3. The van der Waals surface area contributed by atoms with Crippen LogP contribution in [0.15, 0.2) is 71.9 Å². The van der Waals surface area contributed by atoms with E-state index in [0.717, 1.165) is 54.2 Å². The third-order valence-corrected chi connectivity index (χ3v) is 10.9. The van der Waals surface area contributed by atoms with E-state index < -0.39 is 16.2 Å². The van der Waals surface area contributed by atoms with Crippen molar-refractivity contribution in [3.8, 4) is 11.5 Å². The molecule has 4 aromatic rings. The summed E-state index contributed by atoms with van der Waals surface area (Å²) in [6.07, 6.45) is 4.57. The van der Waals surface area contributed by atoms with Crippen LogP contribution in [0.25, 0.3) is 0 Å². The summed E-state index contributed by atoms with van der Waals surface area (Å²) in [6, 6.07) is 19.2. The minimum Gasteiger partial charge on any atom is -0.497 e. The molecule has 226 valence electrons. The second-order valence-corrected chi connectivity index (χ2v) is 13.6. The van der Waals surface area contributed by atoms with Crippen molar-refractivity contribution in [2.45, 2.75) is 62.2 Å². The van der Waals surface area contributed by atoms with Crippen LogP contribution in [0.3, 0.4) is 0 Å². The summed E-state index contributed by atoms with van der Waals surface area (Å²) in [6.45, 7) is 0.760. The first kappa shape index (κ1) is 29.4. The number of halogens is 1. The number of ether oxygens (including phenoxy) is 2. The first-order valence-electron chi connectivity index (χ1n) is 14.5. The Kier molecular flexibility index (Phi) is 8.54. The lowest BCUT2D eigenvalue weighted by Gasteiger charge is -2.40. The highest BCUT2D eigenvalue weighted by atomic mass is 32.2. The first-order chi connectivity index (χ1) is 20.9. The van der Waals surface area contributed by atoms with Crippen molar-refractivity contribution in [2.75, 3.05) is 30.0 Å². The fourth-order valence-corrected chi connectivity index (χ4v) is 8.43. The number of anilines is 2. The smallest absolute Gasteiger partial charge is 0.266 e. The van der Waals surface area contributed by atoms with Crippen molar-refractivity contribution in [1.29, 1.82) is 0 Å². The molecule has 1 fully saturated rings. The van der Waals surface area contributed by atoms with E-state index >= 15 is 0 Å². The molecule has 0 N–H and O–H groups in total. The number of sulfonamides is 1. The minimum absolute atomic E-state index is 0.0139. The van der Waals surface area contributed by atoms with Crippen LogP contribution in [0.2, 0.25) is 0 Å². The van der Waals surface area contributed by atoms with Gasteiger partial charge in [0.1, 0.15) is 24.0 Å². The summed E-state index contributed by atoms with van der Waals surface area (Å²) < 4.78 is 60.4. The SMILES string of the molecule is COc1ccc(CN(c2ncns2)S(=O)(=O)c2cc3c(c(N4CCCCC4c4ccccc4)c2)CC(F)CC3)c(OC)c1. The Labute approximate surface area is 256 Å². The molecule has 2 heterocycles. The van der Waals surface area contributed by atoms with Crippen LogP contribution in [0.1, 0.15) is 54.0 Å². The summed E-state index contributed by atoms with van der Waals surface area (Å²) in [5.41, 5.74) is 4.45. The Bertz CT molecular complexity index is 1670. The highest BCUT2D eigenvalue weighted by molar-refractivity contribution is 7.93. The molecule has 11 heteroatoms. The van der Waals surface area contributed by atoms with Crippen molar-refractivity contribution in [3.05, 3.63) is 89.2 Å². The van der Waals surface area contributed by atoms with Gasteiger partial charge in [-0.2, -0.15) is 4.37 Å². The summed E-state index contributed by atoms with van der Waals surface area (Å²) in [5.74, 6) is 1.11. The molecule has 43 heavy (non-hydrogen) atoms. The second-order valence-electron chi connectivity index (χ2n) is 10.9. The van der Waals surface area contributed by atoms with E-state index in [2.05, 4.69) is 26.4 Å². The zero-order valence-corrected chi connectivity index (χ0v) is 25.9. The molecule has 2 atom stereocenters. The van der Waals surface area contributed by atoms with Gasteiger partial charge in [-0.3, -0.25) is 0 Å². The average molecular weight is 623 g/mol. The van der Waals surface area contributed by atoms with Gasteiger partial charge in [0.2, 0.25) is 5.13 Å². The molecule has 2 unspecified atom stereocenters. The number of aryl methyl sites for hydroxylation is 1. The Hall–Kier alpha value is -3.70. The number of hydrogen-bond donors (Lipinski definition) is 0. The Morgan fingerprint density at radius 1 is 1.05 bits per heavy atom. The van der Waals surface area contributed by atoms with E-state index in [1.165, 1.54) is 23.3 Å². The number of nitrogens with zero attached hydrogens (tertiary/aromatic N) is 4. The Morgan fingerprint density at radius 2 is 1.88 bits per heavy atom. The van der Waals surface area contributed by atoms with Gasteiger partial charge in [0.15, 0.2) is 0 Å². The number of methoxy groups -OCH3 is 2. The quantitative estimate of drug-likeness (QED) is 0.210. The van der Waals surface area contributed by atoms with Crippen LogP contribution in [0.4, 0.5) is 15.2 Å². The lowest BCUT2D eigenvalue weighted by molar-refractivity contribution is 0.301. The molecule has 3 aromatic carbocycles. The van der Waals surface area contributed by atoms with Crippen LogP contribution in [-0.4, -0.2) is 44.7 Å². The van der Waals surface area contributed by atoms with Gasteiger partial charge in [0.05, 0.1) is 31.7 Å². The number of benzene rings is 3. The van der Waals surface area contributed by atoms with Crippen molar-refractivity contribution >= 4 is 32.4 Å². The summed E-state index contributed by atoms with van der Waals surface area (Å²) >= 11 is 1.01. The standard InChI is InChI=1S/C32H35FN4O4S2/c1-40-26-14-12-24(31(18-26)41-2)20-37(32-34-21-35-42-32)43(38,39)27-16-23-11-13-25(33)17-28(23)30(19-27)36-15-7-6-10-29(36)22-8-4-3-5-9-22/h3-5,8-9,12,14,16,18-19,21,25,29H,6-7,10-11,13,15,17,20H2,1-2H3. The number of fused-ring (bicyclic) bond motifs is 1. The van der Waals surface area contributed by atoms with E-state index in [1.54, 1.807) is 37.4 Å². The van der Waals surface area contributed by atoms with Gasteiger partial charge in [-0.15, -0.1) is 0 Å². The fraction of sp³-hybridized carbons (Fsp3) is 0.375. The van der Waals surface area contributed by atoms with Crippen LogP contribution >= 0.6 is 11.5 Å². The van der Waals surface area contributed by atoms with Crippen LogP contribution in [0, 0.1) is 0 Å². The molecule has 8 nitrogen and oxygen atoms in total. The predicted octanol–water partition coefficient (Wildman–Crippen LogP) is 6.51. The number of piperidine rings is 1. The van der Waals surface area contributed by atoms with Gasteiger partial charge < -0.3 is 14.4 Å². The van der Waals surface area contributed by atoms with Crippen LogP contribution < -0.4 is 18.7 Å². The van der Waals surface area contributed by atoms with E-state index in [0.29, 0.717) is 29.9 Å². The van der Waals surface area contributed by atoms with E-state index in [-0.39, 0.29) is 29.0 Å². The van der Waals surface area contributed by atoms with Gasteiger partial charge in [-0.1, -0.05) is 30.3 Å². The van der Waals surface area contributed by atoms with E-state index in [1.807, 2.05) is 18.2 Å². The molecule has 0 bridgehead atoms. The maximum atomic E-state index is 14.9. The van der Waals surface area contributed by atoms with Gasteiger partial charge in [-0.05, 0) is 73.1 Å². The maximum Gasteiger partial charge on any atom is 0.266 e. The molecule has 0 saturated carbocycles. The normalized spacial score (nSPS) is 18.6. The second kappa shape index (κ2) is 12.5. The number of aromatic nitrogens is 2. The molecular weight excluding hydrogens is 588 g/mol. The molecule has 1 aromatic heterocycles. The Balaban J connectivity index is 1.46. The van der Waals surface area contributed by atoms with Crippen molar-refractivity contribution in [3.63, 3.8) is 0 Å². The van der Waals surface area contributed by atoms with Crippen molar-refractivity contribution in [1.82, 2.24) is 9.36 Å². The van der Waals surface area contributed by atoms with Crippen molar-refractivity contribution < 1.29 is 22.3 Å².